The number of piperidine rings is 2. The van der Waals surface area contributed by atoms with Crippen LogP contribution >= 0.6 is 0 Å². The van der Waals surface area contributed by atoms with Crippen molar-refractivity contribution in [3.63, 3.8) is 0 Å². The van der Waals surface area contributed by atoms with Crippen LogP contribution in [0, 0.1) is 11.3 Å². The largest absolute Gasteiger partial charge is 0.335 e. The number of hydrogen-bond acceptors (Lipinski definition) is 3. The second-order valence-corrected chi connectivity index (χ2v) is 6.82. The summed E-state index contributed by atoms with van der Waals surface area (Å²) in [6, 6.07) is 0. The van der Waals surface area contributed by atoms with E-state index in [-0.39, 0.29) is 17.1 Å². The van der Waals surface area contributed by atoms with Gasteiger partial charge in [0.15, 0.2) is 5.78 Å². The van der Waals surface area contributed by atoms with Crippen molar-refractivity contribution in [1.29, 1.82) is 0 Å². The van der Waals surface area contributed by atoms with E-state index in [0.717, 1.165) is 38.9 Å². The van der Waals surface area contributed by atoms with Crippen LogP contribution in [0.2, 0.25) is 0 Å². The molecule has 2 aliphatic heterocycles. The number of likely N-dealkylation sites (tertiary alicyclic amines) is 2. The first-order chi connectivity index (χ1) is 8.88. The Bertz CT molecular complexity index is 357. The fourth-order valence-corrected chi connectivity index (χ4v) is 2.88. The zero-order chi connectivity index (χ0) is 14.0. The van der Waals surface area contributed by atoms with Crippen LogP contribution in [0.5, 0.6) is 0 Å². The third-order valence-corrected chi connectivity index (χ3v) is 4.75. The monoisotopic (exact) mass is 266 g/mol. The summed E-state index contributed by atoms with van der Waals surface area (Å²) in [5.74, 6) is 0.891. The summed E-state index contributed by atoms with van der Waals surface area (Å²) in [4.78, 5) is 28.3. The second-order valence-electron chi connectivity index (χ2n) is 6.82. The maximum atomic E-state index is 12.3. The van der Waals surface area contributed by atoms with Crippen LogP contribution in [0.15, 0.2) is 0 Å². The summed E-state index contributed by atoms with van der Waals surface area (Å²) >= 11 is 0. The molecule has 2 aliphatic rings. The summed E-state index contributed by atoms with van der Waals surface area (Å²) < 4.78 is 0. The van der Waals surface area contributed by atoms with Crippen LogP contribution in [0.1, 0.15) is 39.5 Å². The lowest BCUT2D eigenvalue weighted by Gasteiger charge is -2.36. The van der Waals surface area contributed by atoms with Crippen LogP contribution < -0.4 is 0 Å². The van der Waals surface area contributed by atoms with E-state index in [1.165, 1.54) is 0 Å². The predicted molar refractivity (Wildman–Crippen MR) is 74.8 cm³/mol. The molecule has 2 rings (SSSR count). The van der Waals surface area contributed by atoms with Crippen LogP contribution in [0.25, 0.3) is 0 Å². The number of nitrogens with zero attached hydrogens (tertiary/aromatic N) is 2. The van der Waals surface area contributed by atoms with Gasteiger partial charge >= 0.3 is 0 Å². The molecule has 2 saturated heterocycles. The van der Waals surface area contributed by atoms with Crippen molar-refractivity contribution in [2.24, 2.45) is 11.3 Å². The molecule has 0 aromatic rings. The lowest BCUT2D eigenvalue weighted by molar-refractivity contribution is -0.143. The molecule has 4 nitrogen and oxygen atoms in total. The molecule has 0 N–H and O–H groups in total. The molecule has 0 atom stereocenters. The van der Waals surface area contributed by atoms with Gasteiger partial charge in [-0.15, -0.1) is 0 Å². The molecule has 0 unspecified atom stereocenters. The van der Waals surface area contributed by atoms with E-state index < -0.39 is 0 Å². The van der Waals surface area contributed by atoms with E-state index in [4.69, 9.17) is 0 Å². The summed E-state index contributed by atoms with van der Waals surface area (Å²) in [6.45, 7) is 7.19. The first-order valence-corrected chi connectivity index (χ1v) is 7.38. The molecule has 0 spiro atoms. The Morgan fingerprint density at radius 2 is 1.89 bits per heavy atom. The third kappa shape index (κ3) is 3.56. The Labute approximate surface area is 116 Å². The van der Waals surface area contributed by atoms with Gasteiger partial charge in [0, 0.05) is 18.4 Å². The summed E-state index contributed by atoms with van der Waals surface area (Å²) in [7, 11) is 2.13. The minimum absolute atomic E-state index is 0.179. The highest BCUT2D eigenvalue weighted by Crippen LogP contribution is 2.28. The normalized spacial score (nSPS) is 25.6. The fourth-order valence-electron chi connectivity index (χ4n) is 2.88. The Hall–Kier alpha value is -0.900. The molecule has 4 heteroatoms. The van der Waals surface area contributed by atoms with E-state index in [1.807, 2.05) is 13.8 Å². The van der Waals surface area contributed by atoms with Crippen LogP contribution in [0.4, 0.5) is 0 Å². The number of rotatable bonds is 2. The van der Waals surface area contributed by atoms with Gasteiger partial charge in [0.25, 0.3) is 0 Å². The predicted octanol–water partition coefficient (Wildman–Crippen LogP) is 1.55. The molecule has 0 aliphatic carbocycles. The molecule has 2 fully saturated rings. The maximum Gasteiger partial charge on any atom is 0.223 e. The Kier molecular flexibility index (Phi) is 4.29. The van der Waals surface area contributed by atoms with Crippen molar-refractivity contribution >= 4 is 11.7 Å². The molecular formula is C15H26N2O2. The summed E-state index contributed by atoms with van der Waals surface area (Å²) in [5, 5.41) is 0. The van der Waals surface area contributed by atoms with Gasteiger partial charge in [-0.3, -0.25) is 9.59 Å². The molecule has 0 saturated carbocycles. The number of carbonyl (C=O) groups is 2. The maximum absolute atomic E-state index is 12.3. The number of amides is 1. The Morgan fingerprint density at radius 1 is 1.26 bits per heavy atom. The number of Topliss-reactive ketones (excluding diaryl/α,β-unsaturated/α-hetero) is 1. The van der Waals surface area contributed by atoms with Gasteiger partial charge in [-0.05, 0) is 45.3 Å². The summed E-state index contributed by atoms with van der Waals surface area (Å²) in [5.41, 5.74) is -0.246. The number of ketones is 1. The smallest absolute Gasteiger partial charge is 0.223 e. The minimum atomic E-state index is -0.246. The number of hydrogen-bond donors (Lipinski definition) is 0. The highest BCUT2D eigenvalue weighted by molar-refractivity contribution is 5.90. The molecule has 0 aromatic carbocycles. The van der Waals surface area contributed by atoms with Crippen molar-refractivity contribution in [2.75, 3.05) is 33.2 Å². The van der Waals surface area contributed by atoms with Gasteiger partial charge in [0.05, 0.1) is 6.54 Å². The quantitative estimate of drug-likeness (QED) is 0.761. The SMILES string of the molecule is CN1CCC(CC(=O)N2CCC(C)(C)C(=O)C2)CC1. The van der Waals surface area contributed by atoms with Crippen molar-refractivity contribution in [3.8, 4) is 0 Å². The van der Waals surface area contributed by atoms with Gasteiger partial charge in [0.1, 0.15) is 0 Å². The van der Waals surface area contributed by atoms with E-state index in [0.29, 0.717) is 18.9 Å². The number of carbonyl (C=O) groups excluding carboxylic acids is 2. The fraction of sp³-hybridized carbons (Fsp3) is 0.867. The molecule has 2 heterocycles. The molecule has 19 heavy (non-hydrogen) atoms. The zero-order valence-corrected chi connectivity index (χ0v) is 12.4. The van der Waals surface area contributed by atoms with E-state index >= 15 is 0 Å². The van der Waals surface area contributed by atoms with Crippen molar-refractivity contribution in [2.45, 2.75) is 39.5 Å². The van der Waals surface area contributed by atoms with Crippen LogP contribution in [0.3, 0.4) is 0 Å². The first-order valence-electron chi connectivity index (χ1n) is 7.38. The third-order valence-electron chi connectivity index (χ3n) is 4.75. The lowest BCUT2D eigenvalue weighted by atomic mass is 9.81. The zero-order valence-electron chi connectivity index (χ0n) is 12.4. The molecule has 0 bridgehead atoms. The van der Waals surface area contributed by atoms with Crippen LogP contribution in [-0.4, -0.2) is 54.7 Å². The van der Waals surface area contributed by atoms with Gasteiger partial charge in [-0.2, -0.15) is 0 Å². The average molecular weight is 266 g/mol. The molecule has 108 valence electrons. The molecule has 0 radical (unpaired) electrons. The molecular weight excluding hydrogens is 240 g/mol. The van der Waals surface area contributed by atoms with E-state index in [2.05, 4.69) is 11.9 Å². The molecule has 0 aromatic heterocycles. The Morgan fingerprint density at radius 3 is 2.47 bits per heavy atom. The topological polar surface area (TPSA) is 40.6 Å². The summed E-state index contributed by atoms with van der Waals surface area (Å²) in [6.07, 6.45) is 3.64. The van der Waals surface area contributed by atoms with Gasteiger partial charge in [0.2, 0.25) is 5.91 Å². The molecule has 1 amide bonds. The standard InChI is InChI=1S/C15H26N2O2/c1-15(2)6-9-17(11-13(15)18)14(19)10-12-4-7-16(3)8-5-12/h12H,4-11H2,1-3H3. The van der Waals surface area contributed by atoms with Crippen molar-refractivity contribution in [3.05, 3.63) is 0 Å². The van der Waals surface area contributed by atoms with Gasteiger partial charge < -0.3 is 9.80 Å². The highest BCUT2D eigenvalue weighted by Gasteiger charge is 2.35. The van der Waals surface area contributed by atoms with Gasteiger partial charge in [-0.25, -0.2) is 0 Å². The van der Waals surface area contributed by atoms with E-state index in [1.54, 1.807) is 4.90 Å². The highest BCUT2D eigenvalue weighted by atomic mass is 16.2. The van der Waals surface area contributed by atoms with Crippen molar-refractivity contribution in [1.82, 2.24) is 9.80 Å². The average Bonchev–Trinajstić information content (AvgIpc) is 2.35. The first kappa shape index (κ1) is 14.5. The second kappa shape index (κ2) is 5.61. The van der Waals surface area contributed by atoms with Crippen molar-refractivity contribution < 1.29 is 9.59 Å². The van der Waals surface area contributed by atoms with E-state index in [9.17, 15) is 9.59 Å². The minimum Gasteiger partial charge on any atom is -0.335 e. The van der Waals surface area contributed by atoms with Gasteiger partial charge in [-0.1, -0.05) is 13.8 Å². The van der Waals surface area contributed by atoms with Crippen LogP contribution in [-0.2, 0) is 9.59 Å². The lowest BCUT2D eigenvalue weighted by Crippen LogP contribution is -2.48. The Balaban J connectivity index is 1.82.